The van der Waals surface area contributed by atoms with Crippen molar-refractivity contribution in [3.63, 3.8) is 0 Å². The molecule has 6 nitrogen and oxygen atoms in total. The first-order valence-electron chi connectivity index (χ1n) is 14.5. The number of piperidine rings is 1. The van der Waals surface area contributed by atoms with Crippen LogP contribution in [0.5, 0.6) is 11.5 Å². The fourth-order valence-electron chi connectivity index (χ4n) is 4.89. The summed E-state index contributed by atoms with van der Waals surface area (Å²) in [6.45, 7) is 8.46. The molecule has 1 atom stereocenters. The molecule has 224 valence electrons. The number of carbonyl (C=O) groups excluding carboxylic acids is 1. The van der Waals surface area contributed by atoms with Crippen molar-refractivity contribution in [3.8, 4) is 22.6 Å². The summed E-state index contributed by atoms with van der Waals surface area (Å²) in [5.74, 6) is 0.889. The van der Waals surface area contributed by atoms with Gasteiger partial charge >= 0.3 is 5.97 Å². The third-order valence-corrected chi connectivity index (χ3v) is 7.10. The number of aryl methyl sites for hydroxylation is 1. The molecule has 0 radical (unpaired) electrons. The molecule has 3 aromatic rings. The molecule has 1 heterocycles. The summed E-state index contributed by atoms with van der Waals surface area (Å²) < 4.78 is 31.2. The number of ether oxygens (including phenoxy) is 3. The fourth-order valence-corrected chi connectivity index (χ4v) is 4.89. The Kier molecular flexibility index (Phi) is 14.9. The third kappa shape index (κ3) is 10.2. The Morgan fingerprint density at radius 1 is 0.951 bits per heavy atom. The predicted octanol–water partition coefficient (Wildman–Crippen LogP) is 7.16. The standard InChI is InChI=1S/C31H36FNO4.C2H6.CH5N/c1-22-7-4-5-16-33(22)20-25-17-24(10-13-28(25)29-19-26(35-2)12-14-30(29)32)21-37-27-9-6-8-23(18-27)11-15-31(34)36-3;2*1-2/h6,8-10,12-14,17-19,22H,4-5,7,11,15-16,20-21H2,1-3H3;1-2H3;2H2,1H3. The molecule has 2 N–H and O–H groups in total. The van der Waals surface area contributed by atoms with Crippen LogP contribution < -0.4 is 15.2 Å². The summed E-state index contributed by atoms with van der Waals surface area (Å²) in [5.41, 5.74) is 9.04. The van der Waals surface area contributed by atoms with Gasteiger partial charge in [-0.2, -0.15) is 0 Å². The van der Waals surface area contributed by atoms with Gasteiger partial charge in [0.15, 0.2) is 0 Å². The topological polar surface area (TPSA) is 74.0 Å². The summed E-state index contributed by atoms with van der Waals surface area (Å²) in [4.78, 5) is 14.0. The number of methoxy groups -OCH3 is 2. The van der Waals surface area contributed by atoms with Crippen LogP contribution in [0.15, 0.2) is 60.7 Å². The Morgan fingerprint density at radius 2 is 1.73 bits per heavy atom. The summed E-state index contributed by atoms with van der Waals surface area (Å²) >= 11 is 0. The van der Waals surface area contributed by atoms with E-state index < -0.39 is 0 Å². The quantitative estimate of drug-likeness (QED) is 0.263. The van der Waals surface area contributed by atoms with Gasteiger partial charge in [-0.1, -0.05) is 50.6 Å². The number of rotatable bonds is 10. The van der Waals surface area contributed by atoms with Crippen molar-refractivity contribution in [1.82, 2.24) is 4.90 Å². The molecule has 1 unspecified atom stereocenters. The highest BCUT2D eigenvalue weighted by molar-refractivity contribution is 5.70. The Bertz CT molecular complexity index is 1220. The second-order valence-electron chi connectivity index (χ2n) is 9.66. The Morgan fingerprint density at radius 3 is 2.44 bits per heavy atom. The van der Waals surface area contributed by atoms with Crippen molar-refractivity contribution in [2.24, 2.45) is 5.73 Å². The van der Waals surface area contributed by atoms with Crippen LogP contribution in [0.2, 0.25) is 0 Å². The first kappa shape index (κ1) is 33.8. The van der Waals surface area contributed by atoms with Crippen LogP contribution in [0.4, 0.5) is 4.39 Å². The zero-order chi connectivity index (χ0) is 30.2. The van der Waals surface area contributed by atoms with E-state index in [2.05, 4.69) is 23.6 Å². The summed E-state index contributed by atoms with van der Waals surface area (Å²) in [6.07, 6.45) is 4.55. The number of halogens is 1. The van der Waals surface area contributed by atoms with E-state index in [4.69, 9.17) is 14.2 Å². The van der Waals surface area contributed by atoms with Crippen LogP contribution in [0, 0.1) is 5.82 Å². The van der Waals surface area contributed by atoms with Gasteiger partial charge in [0, 0.05) is 24.6 Å². The Labute approximate surface area is 245 Å². The molecular weight excluding hydrogens is 519 g/mol. The maximum atomic E-state index is 14.9. The Hall–Kier alpha value is -3.42. The normalized spacial score (nSPS) is 14.6. The van der Waals surface area contributed by atoms with Crippen LogP contribution in [-0.2, 0) is 29.1 Å². The summed E-state index contributed by atoms with van der Waals surface area (Å²) in [7, 11) is 4.49. The molecule has 4 rings (SSSR count). The zero-order valence-corrected chi connectivity index (χ0v) is 25.5. The zero-order valence-electron chi connectivity index (χ0n) is 25.5. The second kappa shape index (κ2) is 18.1. The molecule has 1 saturated heterocycles. The monoisotopic (exact) mass is 566 g/mol. The SMILES string of the molecule is CC.CN.COC(=O)CCc1cccc(OCc2ccc(-c3cc(OC)ccc3F)c(CN3CCCCC3C)c2)c1. The molecule has 7 heteroatoms. The van der Waals surface area contributed by atoms with Crippen LogP contribution >= 0.6 is 0 Å². The van der Waals surface area contributed by atoms with E-state index in [1.165, 1.54) is 39.5 Å². The van der Waals surface area contributed by atoms with E-state index >= 15 is 0 Å². The van der Waals surface area contributed by atoms with Gasteiger partial charge in [0.05, 0.1) is 14.2 Å². The molecular formula is C34H47FN2O4. The molecule has 0 saturated carbocycles. The van der Waals surface area contributed by atoms with Gasteiger partial charge in [-0.3, -0.25) is 9.69 Å². The molecule has 41 heavy (non-hydrogen) atoms. The highest BCUT2D eigenvalue weighted by Crippen LogP contribution is 2.33. The number of carbonyl (C=O) groups is 1. The Balaban J connectivity index is 0.00000141. The number of benzene rings is 3. The van der Waals surface area contributed by atoms with Crippen LogP contribution in [0.1, 0.15) is 63.1 Å². The van der Waals surface area contributed by atoms with Crippen molar-refractivity contribution in [3.05, 3.63) is 83.2 Å². The van der Waals surface area contributed by atoms with Gasteiger partial charge in [-0.15, -0.1) is 0 Å². The van der Waals surface area contributed by atoms with Gasteiger partial charge in [0.2, 0.25) is 0 Å². The first-order valence-corrected chi connectivity index (χ1v) is 14.5. The highest BCUT2D eigenvalue weighted by Gasteiger charge is 2.21. The average Bonchev–Trinajstić information content (AvgIpc) is 3.02. The molecule has 1 fully saturated rings. The summed E-state index contributed by atoms with van der Waals surface area (Å²) in [6, 6.07) is 19.3. The minimum Gasteiger partial charge on any atom is -0.497 e. The van der Waals surface area contributed by atoms with Crippen molar-refractivity contribution in [2.75, 3.05) is 27.8 Å². The smallest absolute Gasteiger partial charge is 0.305 e. The molecule has 0 bridgehead atoms. The number of hydrogen-bond acceptors (Lipinski definition) is 6. The van der Waals surface area contributed by atoms with E-state index in [1.807, 2.05) is 50.2 Å². The molecule has 0 aromatic heterocycles. The van der Waals surface area contributed by atoms with Crippen molar-refractivity contribution in [2.45, 2.75) is 72.1 Å². The number of nitrogens with zero attached hydrogens (tertiary/aromatic N) is 1. The van der Waals surface area contributed by atoms with Crippen molar-refractivity contribution < 1.29 is 23.4 Å². The number of nitrogens with two attached hydrogens (primary N) is 1. The average molecular weight is 567 g/mol. The largest absolute Gasteiger partial charge is 0.497 e. The molecule has 0 aliphatic carbocycles. The number of esters is 1. The highest BCUT2D eigenvalue weighted by atomic mass is 19.1. The minimum absolute atomic E-state index is 0.227. The summed E-state index contributed by atoms with van der Waals surface area (Å²) in [5, 5.41) is 0. The van der Waals surface area contributed by atoms with Gasteiger partial charge in [-0.25, -0.2) is 4.39 Å². The van der Waals surface area contributed by atoms with Gasteiger partial charge in [-0.05, 0) is 92.4 Å². The van der Waals surface area contributed by atoms with E-state index in [9.17, 15) is 9.18 Å². The molecule has 0 amide bonds. The first-order chi connectivity index (χ1) is 20.0. The van der Waals surface area contributed by atoms with Gasteiger partial charge in [0.25, 0.3) is 0 Å². The lowest BCUT2D eigenvalue weighted by molar-refractivity contribution is -0.140. The van der Waals surface area contributed by atoms with E-state index in [1.54, 1.807) is 19.2 Å². The van der Waals surface area contributed by atoms with E-state index in [0.717, 1.165) is 41.1 Å². The predicted molar refractivity (Wildman–Crippen MR) is 165 cm³/mol. The lowest BCUT2D eigenvalue weighted by Crippen LogP contribution is -2.36. The fraction of sp³-hybridized carbons (Fsp3) is 0.441. The minimum atomic E-state index is -0.262. The lowest BCUT2D eigenvalue weighted by Gasteiger charge is -2.34. The molecule has 1 aliphatic heterocycles. The van der Waals surface area contributed by atoms with Crippen molar-refractivity contribution >= 4 is 5.97 Å². The number of likely N-dealkylation sites (tertiary alicyclic amines) is 1. The number of hydrogen-bond donors (Lipinski definition) is 1. The van der Waals surface area contributed by atoms with Crippen LogP contribution in [0.25, 0.3) is 11.1 Å². The van der Waals surface area contributed by atoms with E-state index in [0.29, 0.717) is 36.8 Å². The third-order valence-electron chi connectivity index (χ3n) is 7.10. The van der Waals surface area contributed by atoms with Crippen LogP contribution in [-0.4, -0.2) is 44.7 Å². The molecule has 3 aromatic carbocycles. The maximum Gasteiger partial charge on any atom is 0.305 e. The van der Waals surface area contributed by atoms with E-state index in [-0.39, 0.29) is 11.8 Å². The maximum absolute atomic E-state index is 14.9. The van der Waals surface area contributed by atoms with Gasteiger partial charge < -0.3 is 19.9 Å². The molecule has 0 spiro atoms. The van der Waals surface area contributed by atoms with Crippen LogP contribution in [0.3, 0.4) is 0 Å². The molecule has 1 aliphatic rings. The second-order valence-corrected chi connectivity index (χ2v) is 9.66. The van der Waals surface area contributed by atoms with Crippen molar-refractivity contribution in [1.29, 1.82) is 0 Å². The lowest BCUT2D eigenvalue weighted by atomic mass is 9.95. The van der Waals surface area contributed by atoms with Gasteiger partial charge in [0.1, 0.15) is 23.9 Å².